The van der Waals surface area contributed by atoms with E-state index in [0.29, 0.717) is 18.7 Å². The van der Waals surface area contributed by atoms with Crippen LogP contribution in [0.25, 0.3) is 0 Å². The molecule has 0 saturated heterocycles. The third-order valence-corrected chi connectivity index (χ3v) is 3.21. The van der Waals surface area contributed by atoms with Crippen LogP contribution in [-0.4, -0.2) is 29.6 Å². The Morgan fingerprint density at radius 2 is 1.86 bits per heavy atom. The molecule has 0 spiro atoms. The number of benzene rings is 1. The zero-order valence-corrected chi connectivity index (χ0v) is 12.5. The molecular formula is C16H23NO4. The van der Waals surface area contributed by atoms with Crippen LogP contribution in [0.4, 0.5) is 0 Å². The van der Waals surface area contributed by atoms with E-state index in [4.69, 9.17) is 9.84 Å². The van der Waals surface area contributed by atoms with Gasteiger partial charge < -0.3 is 15.2 Å². The largest absolute Gasteiger partial charge is 0.481 e. The fourth-order valence-corrected chi connectivity index (χ4v) is 1.86. The SMILES string of the molecule is CC(CCNC(=O)C(C)Oc1ccccc1)CCC(=O)O. The third-order valence-electron chi connectivity index (χ3n) is 3.21. The van der Waals surface area contributed by atoms with Crippen molar-refractivity contribution in [3.05, 3.63) is 30.3 Å². The van der Waals surface area contributed by atoms with Crippen LogP contribution in [0.5, 0.6) is 5.75 Å². The highest BCUT2D eigenvalue weighted by Gasteiger charge is 2.14. The second kappa shape index (κ2) is 9.00. The first-order chi connectivity index (χ1) is 9.99. The summed E-state index contributed by atoms with van der Waals surface area (Å²) in [6, 6.07) is 9.19. The maximum atomic E-state index is 11.9. The van der Waals surface area contributed by atoms with E-state index in [1.807, 2.05) is 25.1 Å². The molecule has 0 aliphatic carbocycles. The van der Waals surface area contributed by atoms with Crippen molar-refractivity contribution in [2.75, 3.05) is 6.54 Å². The Labute approximate surface area is 125 Å². The maximum absolute atomic E-state index is 11.9. The Morgan fingerprint density at radius 3 is 2.48 bits per heavy atom. The van der Waals surface area contributed by atoms with Crippen LogP contribution >= 0.6 is 0 Å². The summed E-state index contributed by atoms with van der Waals surface area (Å²) in [6.45, 7) is 4.22. The average molecular weight is 293 g/mol. The van der Waals surface area contributed by atoms with Crippen molar-refractivity contribution in [1.82, 2.24) is 5.32 Å². The lowest BCUT2D eigenvalue weighted by atomic mass is 10.0. The number of amides is 1. The first-order valence-electron chi connectivity index (χ1n) is 7.20. The predicted molar refractivity (Wildman–Crippen MR) is 80.2 cm³/mol. The van der Waals surface area contributed by atoms with Crippen LogP contribution in [0.1, 0.15) is 33.1 Å². The van der Waals surface area contributed by atoms with Crippen LogP contribution in [0.15, 0.2) is 30.3 Å². The zero-order chi connectivity index (χ0) is 15.7. The number of hydrogen-bond donors (Lipinski definition) is 2. The molecule has 0 bridgehead atoms. The summed E-state index contributed by atoms with van der Waals surface area (Å²) < 4.78 is 5.52. The monoisotopic (exact) mass is 293 g/mol. The molecular weight excluding hydrogens is 270 g/mol. The molecule has 1 aromatic carbocycles. The molecule has 21 heavy (non-hydrogen) atoms. The lowest BCUT2D eigenvalue weighted by molar-refractivity contribution is -0.137. The van der Waals surface area contributed by atoms with Crippen LogP contribution in [-0.2, 0) is 9.59 Å². The van der Waals surface area contributed by atoms with Crippen molar-refractivity contribution in [3.63, 3.8) is 0 Å². The quantitative estimate of drug-likeness (QED) is 0.733. The fraction of sp³-hybridized carbons (Fsp3) is 0.500. The Morgan fingerprint density at radius 1 is 1.19 bits per heavy atom. The van der Waals surface area contributed by atoms with Crippen molar-refractivity contribution in [2.45, 2.75) is 39.2 Å². The summed E-state index contributed by atoms with van der Waals surface area (Å²) in [5, 5.41) is 11.4. The van der Waals surface area contributed by atoms with Crippen molar-refractivity contribution in [2.24, 2.45) is 5.92 Å². The number of ether oxygens (including phenoxy) is 1. The minimum absolute atomic E-state index is 0.163. The van der Waals surface area contributed by atoms with Gasteiger partial charge in [0.15, 0.2) is 6.10 Å². The molecule has 2 atom stereocenters. The molecule has 0 fully saturated rings. The molecule has 5 heteroatoms. The summed E-state index contributed by atoms with van der Waals surface area (Å²) in [6.07, 6.45) is 1.00. The summed E-state index contributed by atoms with van der Waals surface area (Å²) in [7, 11) is 0. The van der Waals surface area contributed by atoms with E-state index in [1.165, 1.54) is 0 Å². The molecule has 0 radical (unpaired) electrons. The Bertz CT molecular complexity index is 447. The van der Waals surface area contributed by atoms with E-state index < -0.39 is 12.1 Å². The lowest BCUT2D eigenvalue weighted by Gasteiger charge is -2.16. The highest BCUT2D eigenvalue weighted by molar-refractivity contribution is 5.80. The summed E-state index contributed by atoms with van der Waals surface area (Å²) in [4.78, 5) is 22.3. The van der Waals surface area contributed by atoms with Gasteiger partial charge in [0.2, 0.25) is 0 Å². The van der Waals surface area contributed by atoms with Gasteiger partial charge in [-0.3, -0.25) is 9.59 Å². The van der Waals surface area contributed by atoms with Crippen LogP contribution in [0.3, 0.4) is 0 Å². The molecule has 2 unspecified atom stereocenters. The van der Waals surface area contributed by atoms with Gasteiger partial charge in [-0.05, 0) is 37.8 Å². The summed E-state index contributed by atoms with van der Waals surface area (Å²) in [5.74, 6) is -0.0122. The molecule has 1 aromatic rings. The van der Waals surface area contributed by atoms with Gasteiger partial charge in [0.25, 0.3) is 5.91 Å². The first-order valence-corrected chi connectivity index (χ1v) is 7.20. The second-order valence-corrected chi connectivity index (χ2v) is 5.19. The molecule has 5 nitrogen and oxygen atoms in total. The Hall–Kier alpha value is -2.04. The van der Waals surface area contributed by atoms with E-state index in [9.17, 15) is 9.59 Å². The molecule has 1 rings (SSSR count). The third kappa shape index (κ3) is 7.34. The van der Waals surface area contributed by atoms with Crippen LogP contribution in [0.2, 0.25) is 0 Å². The van der Waals surface area contributed by atoms with E-state index >= 15 is 0 Å². The molecule has 0 aliphatic rings. The number of para-hydroxylation sites is 1. The van der Waals surface area contributed by atoms with E-state index in [1.54, 1.807) is 19.1 Å². The van der Waals surface area contributed by atoms with Crippen molar-refractivity contribution >= 4 is 11.9 Å². The smallest absolute Gasteiger partial charge is 0.303 e. The number of carbonyl (C=O) groups excluding carboxylic acids is 1. The number of carboxylic acid groups (broad SMARTS) is 1. The number of hydrogen-bond acceptors (Lipinski definition) is 3. The van der Waals surface area contributed by atoms with E-state index in [0.717, 1.165) is 6.42 Å². The van der Waals surface area contributed by atoms with Gasteiger partial charge in [0, 0.05) is 13.0 Å². The average Bonchev–Trinajstić information content (AvgIpc) is 2.46. The van der Waals surface area contributed by atoms with Crippen LogP contribution in [0, 0.1) is 5.92 Å². The van der Waals surface area contributed by atoms with Gasteiger partial charge in [-0.1, -0.05) is 25.1 Å². The zero-order valence-electron chi connectivity index (χ0n) is 12.5. The van der Waals surface area contributed by atoms with Crippen molar-refractivity contribution in [3.8, 4) is 5.75 Å². The van der Waals surface area contributed by atoms with E-state index in [-0.39, 0.29) is 18.2 Å². The highest BCUT2D eigenvalue weighted by Crippen LogP contribution is 2.11. The number of aliphatic carboxylic acids is 1. The Balaban J connectivity index is 2.22. The summed E-state index contributed by atoms with van der Waals surface area (Å²) >= 11 is 0. The predicted octanol–water partition coefficient (Wildman–Crippen LogP) is 2.46. The van der Waals surface area contributed by atoms with E-state index in [2.05, 4.69) is 5.32 Å². The Kier molecular flexibility index (Phi) is 7.29. The first kappa shape index (κ1) is 17.0. The van der Waals surface area contributed by atoms with Gasteiger partial charge in [-0.2, -0.15) is 0 Å². The van der Waals surface area contributed by atoms with Gasteiger partial charge in [-0.15, -0.1) is 0 Å². The van der Waals surface area contributed by atoms with Gasteiger partial charge in [0.05, 0.1) is 0 Å². The molecule has 116 valence electrons. The number of rotatable bonds is 9. The van der Waals surface area contributed by atoms with Crippen molar-refractivity contribution in [1.29, 1.82) is 0 Å². The number of carbonyl (C=O) groups is 2. The van der Waals surface area contributed by atoms with Gasteiger partial charge in [-0.25, -0.2) is 0 Å². The number of nitrogens with one attached hydrogen (secondary N) is 1. The number of carboxylic acids is 1. The second-order valence-electron chi connectivity index (χ2n) is 5.19. The minimum atomic E-state index is -0.782. The standard InChI is InChI=1S/C16H23NO4/c1-12(8-9-15(18)19)10-11-17-16(20)13(2)21-14-6-4-3-5-7-14/h3-7,12-13H,8-11H2,1-2H3,(H,17,20)(H,18,19). The van der Waals surface area contributed by atoms with Crippen LogP contribution < -0.4 is 10.1 Å². The topological polar surface area (TPSA) is 75.6 Å². The summed E-state index contributed by atoms with van der Waals surface area (Å²) in [5.41, 5.74) is 0. The fourth-order valence-electron chi connectivity index (χ4n) is 1.86. The van der Waals surface area contributed by atoms with Crippen molar-refractivity contribution < 1.29 is 19.4 Å². The van der Waals surface area contributed by atoms with Gasteiger partial charge >= 0.3 is 5.97 Å². The van der Waals surface area contributed by atoms with Gasteiger partial charge in [0.1, 0.15) is 5.75 Å². The molecule has 0 aromatic heterocycles. The lowest BCUT2D eigenvalue weighted by Crippen LogP contribution is -2.37. The maximum Gasteiger partial charge on any atom is 0.303 e. The highest BCUT2D eigenvalue weighted by atomic mass is 16.5. The molecule has 0 aliphatic heterocycles. The normalized spacial score (nSPS) is 13.2. The minimum Gasteiger partial charge on any atom is -0.481 e. The molecule has 1 amide bonds. The molecule has 0 saturated carbocycles. The molecule has 2 N–H and O–H groups in total. The molecule has 0 heterocycles.